The van der Waals surface area contributed by atoms with Gasteiger partial charge in [-0.1, -0.05) is 42.5 Å². The Labute approximate surface area is 216 Å². The van der Waals surface area contributed by atoms with Crippen molar-refractivity contribution in [1.29, 1.82) is 0 Å². The summed E-state index contributed by atoms with van der Waals surface area (Å²) in [5.41, 5.74) is 4.72. The number of rotatable bonds is 5. The number of benzene rings is 2. The van der Waals surface area contributed by atoms with E-state index >= 15 is 4.39 Å². The Morgan fingerprint density at radius 1 is 1.11 bits per heavy atom. The Balaban J connectivity index is 1.40. The summed E-state index contributed by atoms with van der Waals surface area (Å²) < 4.78 is 22.4. The molecule has 37 heavy (non-hydrogen) atoms. The van der Waals surface area contributed by atoms with E-state index in [1.165, 1.54) is 18.7 Å². The number of carbonyl (C=O) groups excluding carboxylic acids is 1. The van der Waals surface area contributed by atoms with Gasteiger partial charge in [0.25, 0.3) is 0 Å². The molecule has 6 nitrogen and oxygen atoms in total. The van der Waals surface area contributed by atoms with E-state index in [0.717, 1.165) is 16.7 Å². The van der Waals surface area contributed by atoms with E-state index < -0.39 is 0 Å². The second-order valence-corrected chi connectivity index (χ2v) is 9.21. The maximum absolute atomic E-state index is 15.2. The van der Waals surface area contributed by atoms with Gasteiger partial charge in [-0.2, -0.15) is 5.10 Å². The van der Waals surface area contributed by atoms with Crippen LogP contribution in [0.2, 0.25) is 0 Å². The molecule has 1 unspecified atom stereocenters. The van der Waals surface area contributed by atoms with Gasteiger partial charge in [0, 0.05) is 49.6 Å². The van der Waals surface area contributed by atoms with Crippen molar-refractivity contribution < 1.29 is 13.9 Å². The van der Waals surface area contributed by atoms with Gasteiger partial charge in [0.05, 0.1) is 25.2 Å². The number of hydrogen-bond acceptors (Lipinski definition) is 5. The molecule has 7 heteroatoms. The van der Waals surface area contributed by atoms with Crippen molar-refractivity contribution in [2.45, 2.75) is 18.8 Å². The molecule has 0 bridgehead atoms. The number of ketones is 1. The van der Waals surface area contributed by atoms with Crippen LogP contribution >= 0.6 is 0 Å². The predicted octanol–water partition coefficient (Wildman–Crippen LogP) is 5.60. The fraction of sp³-hybridized carbons (Fsp3) is 0.233. The molecule has 2 aliphatic heterocycles. The molecule has 1 aromatic heterocycles. The van der Waals surface area contributed by atoms with E-state index in [-0.39, 0.29) is 23.3 Å². The van der Waals surface area contributed by atoms with E-state index in [2.05, 4.69) is 22.2 Å². The lowest BCUT2D eigenvalue weighted by atomic mass is 9.87. The summed E-state index contributed by atoms with van der Waals surface area (Å²) in [5.74, 6) is -0.240. The molecule has 0 amide bonds. The molecular formula is C30H29FN4O2. The van der Waals surface area contributed by atoms with Crippen molar-refractivity contribution in [3.05, 3.63) is 108 Å². The summed E-state index contributed by atoms with van der Waals surface area (Å²) in [6.07, 6.45) is 12.1. The number of aryl methyl sites for hydroxylation is 1. The van der Waals surface area contributed by atoms with E-state index in [1.807, 2.05) is 49.7 Å². The van der Waals surface area contributed by atoms with Crippen LogP contribution in [0.4, 0.5) is 10.1 Å². The number of aliphatic imine (C=N–C) groups is 1. The minimum absolute atomic E-state index is 0.167. The average Bonchev–Trinajstić information content (AvgIpc) is 3.20. The molecule has 0 fully saturated rings. The summed E-state index contributed by atoms with van der Waals surface area (Å²) in [7, 11) is 3.29. The number of allylic oxidation sites excluding steroid dienone is 3. The van der Waals surface area contributed by atoms with E-state index in [0.29, 0.717) is 37.2 Å². The Hall–Kier alpha value is -4.26. The first-order chi connectivity index (χ1) is 18.0. The largest absolute Gasteiger partial charge is 0.491 e. The maximum atomic E-state index is 15.2. The Kier molecular flexibility index (Phi) is 7.12. The fourth-order valence-electron chi connectivity index (χ4n) is 4.82. The maximum Gasteiger partial charge on any atom is 0.229 e. The third kappa shape index (κ3) is 5.31. The van der Waals surface area contributed by atoms with Gasteiger partial charge in [-0.05, 0) is 47.8 Å². The number of ether oxygens (including phenoxy) is 1. The molecular weight excluding hydrogens is 467 g/mol. The highest BCUT2D eigenvalue weighted by atomic mass is 19.1. The van der Waals surface area contributed by atoms with Crippen molar-refractivity contribution in [2.75, 3.05) is 25.1 Å². The van der Waals surface area contributed by atoms with Gasteiger partial charge < -0.3 is 9.64 Å². The summed E-state index contributed by atoms with van der Waals surface area (Å²) in [5, 5.41) is 4.16. The van der Waals surface area contributed by atoms with Crippen LogP contribution in [0.3, 0.4) is 0 Å². The summed E-state index contributed by atoms with van der Waals surface area (Å²) in [6.45, 7) is 1.16. The lowest BCUT2D eigenvalue weighted by Crippen LogP contribution is -2.24. The number of Topliss-reactive ketones (excluding diaryl/α,β-unsaturated/α-hetero) is 1. The Morgan fingerprint density at radius 3 is 2.68 bits per heavy atom. The van der Waals surface area contributed by atoms with Crippen molar-refractivity contribution in [3.63, 3.8) is 0 Å². The minimum Gasteiger partial charge on any atom is -0.491 e. The first kappa shape index (κ1) is 24.4. The smallest absolute Gasteiger partial charge is 0.229 e. The summed E-state index contributed by atoms with van der Waals surface area (Å²) >= 11 is 0. The van der Waals surface area contributed by atoms with Crippen molar-refractivity contribution in [2.24, 2.45) is 12.0 Å². The molecule has 0 saturated heterocycles. The standard InChI is InChI=1S/C30H29FN4O2/c1-34-19-25(18-33-34)22-10-11-28(27(31)16-22)35-14-6-9-26(30(36)29(20-35)37-2)23-12-13-32-17-24(15-23)21-7-4-3-5-8-21/h3-5,7-13,16,18-20,24H,6,14-15,17H2,1-2H3. The molecule has 3 aromatic rings. The highest BCUT2D eigenvalue weighted by molar-refractivity contribution is 6.10. The Bertz CT molecular complexity index is 1420. The first-order valence-corrected chi connectivity index (χ1v) is 12.3. The number of carbonyl (C=O) groups is 1. The minimum atomic E-state index is -0.376. The van der Waals surface area contributed by atoms with Crippen LogP contribution in [0.25, 0.3) is 11.1 Å². The van der Waals surface area contributed by atoms with E-state index in [1.54, 1.807) is 34.3 Å². The van der Waals surface area contributed by atoms with Crippen LogP contribution < -0.4 is 4.90 Å². The van der Waals surface area contributed by atoms with Crippen molar-refractivity contribution in [3.8, 4) is 11.1 Å². The average molecular weight is 497 g/mol. The monoisotopic (exact) mass is 496 g/mol. The number of methoxy groups -OCH3 is 1. The normalized spacial score (nSPS) is 18.4. The van der Waals surface area contributed by atoms with Gasteiger partial charge in [-0.25, -0.2) is 4.39 Å². The quantitative estimate of drug-likeness (QED) is 0.461. The lowest BCUT2D eigenvalue weighted by Gasteiger charge is -2.25. The summed E-state index contributed by atoms with van der Waals surface area (Å²) in [4.78, 5) is 19.9. The highest BCUT2D eigenvalue weighted by Crippen LogP contribution is 2.33. The van der Waals surface area contributed by atoms with E-state index in [9.17, 15) is 4.79 Å². The van der Waals surface area contributed by atoms with Crippen LogP contribution in [-0.4, -0.2) is 42.0 Å². The molecule has 0 saturated carbocycles. The molecule has 1 atom stereocenters. The predicted molar refractivity (Wildman–Crippen MR) is 144 cm³/mol. The number of halogens is 1. The molecule has 0 aliphatic carbocycles. The van der Waals surface area contributed by atoms with Gasteiger partial charge in [-0.3, -0.25) is 14.5 Å². The molecule has 0 radical (unpaired) electrons. The second kappa shape index (κ2) is 10.8. The Morgan fingerprint density at radius 2 is 1.95 bits per heavy atom. The summed E-state index contributed by atoms with van der Waals surface area (Å²) in [6, 6.07) is 15.3. The molecule has 0 spiro atoms. The highest BCUT2D eigenvalue weighted by Gasteiger charge is 2.26. The van der Waals surface area contributed by atoms with Crippen LogP contribution in [0.5, 0.6) is 0 Å². The van der Waals surface area contributed by atoms with Gasteiger partial charge in [0.15, 0.2) is 5.76 Å². The lowest BCUT2D eigenvalue weighted by molar-refractivity contribution is -0.114. The molecule has 0 N–H and O–H groups in total. The van der Waals surface area contributed by atoms with Crippen molar-refractivity contribution >= 4 is 17.7 Å². The van der Waals surface area contributed by atoms with Crippen LogP contribution in [0.15, 0.2) is 101 Å². The van der Waals surface area contributed by atoms with Gasteiger partial charge in [-0.15, -0.1) is 0 Å². The van der Waals surface area contributed by atoms with Gasteiger partial charge >= 0.3 is 0 Å². The molecule has 5 rings (SSSR count). The van der Waals surface area contributed by atoms with E-state index in [4.69, 9.17) is 4.74 Å². The number of hydrogen-bond donors (Lipinski definition) is 0. The topological polar surface area (TPSA) is 59.7 Å². The van der Waals surface area contributed by atoms with Crippen LogP contribution in [-0.2, 0) is 16.6 Å². The number of nitrogens with zero attached hydrogens (tertiary/aromatic N) is 4. The third-order valence-corrected chi connectivity index (χ3v) is 6.77. The van der Waals surface area contributed by atoms with Crippen LogP contribution in [0.1, 0.15) is 24.3 Å². The molecule has 2 aliphatic rings. The van der Waals surface area contributed by atoms with Crippen molar-refractivity contribution in [1.82, 2.24) is 9.78 Å². The second-order valence-electron chi connectivity index (χ2n) is 9.21. The number of aromatic nitrogens is 2. The zero-order valence-electron chi connectivity index (χ0n) is 21.0. The van der Waals surface area contributed by atoms with Crippen LogP contribution in [0, 0.1) is 5.82 Å². The number of anilines is 1. The van der Waals surface area contributed by atoms with Gasteiger partial charge in [0.1, 0.15) is 5.82 Å². The molecule has 188 valence electrons. The fourth-order valence-corrected chi connectivity index (χ4v) is 4.82. The SMILES string of the molecule is COC1=CN(c2ccc(-c3cnn(C)c3)cc2F)CCC=C(C2=CC=NCC(c3ccccc3)C2)C1=O. The first-order valence-electron chi connectivity index (χ1n) is 12.3. The molecule has 2 aromatic carbocycles. The van der Waals surface area contributed by atoms with Gasteiger partial charge in [0.2, 0.25) is 5.78 Å². The molecule has 3 heterocycles. The zero-order chi connectivity index (χ0) is 25.8. The third-order valence-electron chi connectivity index (χ3n) is 6.77. The zero-order valence-corrected chi connectivity index (χ0v) is 21.0.